The topological polar surface area (TPSA) is 84.9 Å². The largest absolute Gasteiger partial charge is 0.493 e. The predicted octanol–water partition coefficient (Wildman–Crippen LogP) is 4.04. The molecule has 0 bridgehead atoms. The van der Waals surface area contributed by atoms with E-state index in [2.05, 4.69) is 5.32 Å². The Kier molecular flexibility index (Phi) is 8.28. The predicted molar refractivity (Wildman–Crippen MR) is 119 cm³/mol. The van der Waals surface area contributed by atoms with E-state index in [1.165, 1.54) is 29.6 Å². The molecule has 0 aliphatic carbocycles. The number of sulfonamides is 1. The highest BCUT2D eigenvalue weighted by Gasteiger charge is 2.24. The van der Waals surface area contributed by atoms with E-state index in [1.807, 2.05) is 0 Å². The van der Waals surface area contributed by atoms with Gasteiger partial charge in [-0.1, -0.05) is 31.5 Å². The van der Waals surface area contributed by atoms with Crippen molar-refractivity contribution in [2.24, 2.45) is 0 Å². The van der Waals surface area contributed by atoms with Gasteiger partial charge in [-0.2, -0.15) is 4.31 Å². The molecule has 0 aromatic heterocycles. The third-order valence-corrected chi connectivity index (χ3v) is 6.89. The van der Waals surface area contributed by atoms with Crippen molar-refractivity contribution in [3.05, 3.63) is 53.1 Å². The van der Waals surface area contributed by atoms with Crippen LogP contribution in [0.5, 0.6) is 11.5 Å². The van der Waals surface area contributed by atoms with Gasteiger partial charge in [-0.3, -0.25) is 4.79 Å². The third-order valence-electron chi connectivity index (χ3n) is 4.36. The van der Waals surface area contributed by atoms with Crippen molar-refractivity contribution in [2.45, 2.75) is 18.7 Å². The fourth-order valence-corrected chi connectivity index (χ4v) is 4.75. The molecule has 2 rings (SSSR count). The Hall–Kier alpha value is -2.55. The molecule has 0 unspecified atom stereocenters. The highest BCUT2D eigenvalue weighted by molar-refractivity contribution is 7.89. The summed E-state index contributed by atoms with van der Waals surface area (Å²) in [4.78, 5) is 12.3. The van der Waals surface area contributed by atoms with Crippen molar-refractivity contribution < 1.29 is 22.7 Å². The average Bonchev–Trinajstić information content (AvgIpc) is 2.73. The van der Waals surface area contributed by atoms with Crippen LogP contribution in [-0.2, 0) is 14.8 Å². The first-order valence-corrected chi connectivity index (χ1v) is 11.1. The second-order valence-electron chi connectivity index (χ2n) is 6.17. The summed E-state index contributed by atoms with van der Waals surface area (Å²) in [7, 11) is -0.680. The number of hydrogen-bond donors (Lipinski definition) is 1. The van der Waals surface area contributed by atoms with Gasteiger partial charge < -0.3 is 14.8 Å². The maximum Gasteiger partial charge on any atom is 0.248 e. The lowest BCUT2D eigenvalue weighted by molar-refractivity contribution is -0.111. The second kappa shape index (κ2) is 10.5. The van der Waals surface area contributed by atoms with E-state index in [0.29, 0.717) is 30.3 Å². The summed E-state index contributed by atoms with van der Waals surface area (Å²) in [6.45, 7) is 4.14. The Bertz CT molecular complexity index is 1030. The number of methoxy groups -OCH3 is 2. The van der Waals surface area contributed by atoms with E-state index in [4.69, 9.17) is 21.1 Å². The van der Waals surface area contributed by atoms with Crippen LogP contribution in [0.4, 0.5) is 5.69 Å². The van der Waals surface area contributed by atoms with Crippen LogP contribution >= 0.6 is 11.6 Å². The second-order valence-corrected chi connectivity index (χ2v) is 8.49. The molecule has 162 valence electrons. The van der Waals surface area contributed by atoms with Crippen molar-refractivity contribution in [3.8, 4) is 11.5 Å². The number of nitrogens with zero attached hydrogens (tertiary/aromatic N) is 1. The number of anilines is 1. The van der Waals surface area contributed by atoms with Crippen LogP contribution in [0.25, 0.3) is 6.08 Å². The number of ether oxygens (including phenoxy) is 2. The molecule has 1 N–H and O–H groups in total. The summed E-state index contributed by atoms with van der Waals surface area (Å²) in [5, 5.41) is 2.75. The molecule has 9 heteroatoms. The lowest BCUT2D eigenvalue weighted by atomic mass is 10.2. The first kappa shape index (κ1) is 23.7. The van der Waals surface area contributed by atoms with Gasteiger partial charge in [0.2, 0.25) is 15.9 Å². The molecule has 1 amide bonds. The minimum atomic E-state index is -3.75. The van der Waals surface area contributed by atoms with Crippen LogP contribution in [-0.4, -0.2) is 45.9 Å². The highest BCUT2D eigenvalue weighted by atomic mass is 35.5. The van der Waals surface area contributed by atoms with Crippen LogP contribution in [0.15, 0.2) is 47.4 Å². The maximum absolute atomic E-state index is 12.8. The molecule has 0 spiro atoms. The normalized spacial score (nSPS) is 11.7. The average molecular weight is 453 g/mol. The molecule has 7 nitrogen and oxygen atoms in total. The quantitative estimate of drug-likeness (QED) is 0.580. The highest BCUT2D eigenvalue weighted by Crippen LogP contribution is 2.29. The number of carbonyl (C=O) groups is 1. The van der Waals surface area contributed by atoms with Crippen LogP contribution in [0.3, 0.4) is 0 Å². The Morgan fingerprint density at radius 2 is 1.73 bits per heavy atom. The van der Waals surface area contributed by atoms with Crippen LogP contribution in [0.1, 0.15) is 19.4 Å². The monoisotopic (exact) mass is 452 g/mol. The number of benzene rings is 2. The molecule has 30 heavy (non-hydrogen) atoms. The number of halogens is 1. The third kappa shape index (κ3) is 5.53. The van der Waals surface area contributed by atoms with Crippen LogP contribution < -0.4 is 14.8 Å². The van der Waals surface area contributed by atoms with Gasteiger partial charge in [-0.25, -0.2) is 8.42 Å². The van der Waals surface area contributed by atoms with E-state index in [-0.39, 0.29) is 9.92 Å². The number of carbonyl (C=O) groups excluding carboxylic acids is 1. The summed E-state index contributed by atoms with van der Waals surface area (Å²) in [6.07, 6.45) is 2.95. The number of amides is 1. The molecule has 0 heterocycles. The van der Waals surface area contributed by atoms with Crippen LogP contribution in [0.2, 0.25) is 5.02 Å². The summed E-state index contributed by atoms with van der Waals surface area (Å²) >= 11 is 6.12. The number of nitrogens with one attached hydrogen (secondary N) is 1. The van der Waals surface area contributed by atoms with E-state index >= 15 is 0 Å². The van der Waals surface area contributed by atoms with Gasteiger partial charge in [0.25, 0.3) is 0 Å². The van der Waals surface area contributed by atoms with Crippen molar-refractivity contribution in [2.75, 3.05) is 32.6 Å². The van der Waals surface area contributed by atoms with E-state index in [9.17, 15) is 13.2 Å². The lowest BCUT2D eigenvalue weighted by Gasteiger charge is -2.19. The summed E-state index contributed by atoms with van der Waals surface area (Å²) in [5.74, 6) is 0.713. The summed E-state index contributed by atoms with van der Waals surface area (Å²) in [6, 6.07) is 9.61. The van der Waals surface area contributed by atoms with Gasteiger partial charge in [0.05, 0.1) is 19.2 Å². The molecule has 0 aliphatic rings. The van der Waals surface area contributed by atoms with Crippen LogP contribution in [0, 0.1) is 0 Å². The molecule has 2 aromatic carbocycles. The van der Waals surface area contributed by atoms with Crippen molar-refractivity contribution >= 4 is 39.3 Å². The fourth-order valence-electron chi connectivity index (χ4n) is 2.79. The number of hydrogen-bond acceptors (Lipinski definition) is 5. The van der Waals surface area contributed by atoms with E-state index in [1.54, 1.807) is 51.3 Å². The molecular weight excluding hydrogens is 428 g/mol. The Balaban J connectivity index is 2.21. The molecule has 2 aromatic rings. The first-order chi connectivity index (χ1) is 14.3. The van der Waals surface area contributed by atoms with Gasteiger partial charge in [-0.05, 0) is 42.0 Å². The maximum atomic E-state index is 12.8. The van der Waals surface area contributed by atoms with Crippen molar-refractivity contribution in [3.63, 3.8) is 0 Å². The van der Waals surface area contributed by atoms with Gasteiger partial charge in [0.1, 0.15) is 4.90 Å². The molecule has 0 saturated carbocycles. The minimum Gasteiger partial charge on any atom is -0.493 e. The lowest BCUT2D eigenvalue weighted by Crippen LogP contribution is -2.30. The Morgan fingerprint density at radius 3 is 2.33 bits per heavy atom. The van der Waals surface area contributed by atoms with Crippen molar-refractivity contribution in [1.82, 2.24) is 4.31 Å². The first-order valence-electron chi connectivity index (χ1n) is 9.27. The smallest absolute Gasteiger partial charge is 0.248 e. The van der Waals surface area contributed by atoms with Gasteiger partial charge in [-0.15, -0.1) is 0 Å². The van der Waals surface area contributed by atoms with Gasteiger partial charge >= 0.3 is 0 Å². The molecule has 0 fully saturated rings. The zero-order valence-electron chi connectivity index (χ0n) is 17.3. The Morgan fingerprint density at radius 1 is 1.07 bits per heavy atom. The molecule has 0 aliphatic heterocycles. The fraction of sp³-hybridized carbons (Fsp3) is 0.286. The van der Waals surface area contributed by atoms with Gasteiger partial charge in [0, 0.05) is 24.9 Å². The van der Waals surface area contributed by atoms with Crippen molar-refractivity contribution in [1.29, 1.82) is 0 Å². The summed E-state index contributed by atoms with van der Waals surface area (Å²) in [5.41, 5.74) is 1.07. The van der Waals surface area contributed by atoms with Gasteiger partial charge in [0.15, 0.2) is 11.5 Å². The summed E-state index contributed by atoms with van der Waals surface area (Å²) < 4.78 is 37.3. The SMILES string of the molecule is CCN(CC)S(=O)(=O)c1cc(NC(=O)/C=C/c2ccc(OC)c(OC)c2)ccc1Cl. The minimum absolute atomic E-state index is 0.0467. The Labute approximate surface area is 182 Å². The zero-order valence-corrected chi connectivity index (χ0v) is 18.9. The number of rotatable bonds is 9. The molecule has 0 radical (unpaired) electrons. The molecular formula is C21H25ClN2O5S. The van der Waals surface area contributed by atoms with E-state index in [0.717, 1.165) is 5.56 Å². The molecule has 0 atom stereocenters. The standard InChI is InChI=1S/C21H25ClN2O5S/c1-5-24(6-2)30(26,27)20-14-16(9-10-17(20)22)23-21(25)12-8-15-7-11-18(28-3)19(13-15)29-4/h7-14H,5-6H2,1-4H3,(H,23,25)/b12-8+. The van der Waals surface area contributed by atoms with E-state index < -0.39 is 15.9 Å². The zero-order chi connectivity index (χ0) is 22.3. The molecule has 0 saturated heterocycles.